The Morgan fingerprint density at radius 1 is 1.38 bits per heavy atom. The number of aromatic nitrogens is 1. The second-order valence-electron chi connectivity index (χ2n) is 3.56. The van der Waals surface area contributed by atoms with E-state index in [9.17, 15) is 5.11 Å². The summed E-state index contributed by atoms with van der Waals surface area (Å²) in [5.41, 5.74) is 1.35. The Kier molecular flexibility index (Phi) is 1.63. The van der Waals surface area contributed by atoms with Crippen LogP contribution in [-0.2, 0) is 5.60 Å². The number of hydrogen-bond donors (Lipinski definition) is 1. The van der Waals surface area contributed by atoms with Crippen molar-refractivity contribution in [2.24, 2.45) is 0 Å². The first-order valence-electron chi connectivity index (χ1n) is 4.14. The van der Waals surface area contributed by atoms with Crippen LogP contribution in [0.1, 0.15) is 19.4 Å². The Hall–Kier alpha value is -1.35. The maximum atomic E-state index is 9.82. The third-order valence-electron chi connectivity index (χ3n) is 2.02. The topological polar surface area (TPSA) is 46.3 Å². The van der Waals surface area contributed by atoms with Gasteiger partial charge in [-0.15, -0.1) is 0 Å². The zero-order chi connectivity index (χ0) is 9.47. The molecule has 0 aliphatic rings. The van der Waals surface area contributed by atoms with E-state index in [1.165, 1.54) is 6.39 Å². The van der Waals surface area contributed by atoms with Crippen LogP contribution in [0, 0.1) is 0 Å². The molecule has 0 spiro atoms. The molecule has 0 saturated carbocycles. The first kappa shape index (κ1) is 8.26. The maximum absolute atomic E-state index is 9.82. The molecular weight excluding hydrogens is 166 g/mol. The summed E-state index contributed by atoms with van der Waals surface area (Å²) in [6.07, 6.45) is 1.39. The van der Waals surface area contributed by atoms with Crippen molar-refractivity contribution in [2.75, 3.05) is 0 Å². The molecule has 0 amide bonds. The summed E-state index contributed by atoms with van der Waals surface area (Å²) in [7, 11) is 0. The Labute approximate surface area is 76.0 Å². The van der Waals surface area contributed by atoms with E-state index < -0.39 is 5.60 Å². The van der Waals surface area contributed by atoms with Crippen molar-refractivity contribution in [3.05, 3.63) is 30.2 Å². The van der Waals surface area contributed by atoms with Gasteiger partial charge in [-0.3, -0.25) is 0 Å². The van der Waals surface area contributed by atoms with Crippen molar-refractivity contribution in [2.45, 2.75) is 19.4 Å². The number of hydrogen-bond acceptors (Lipinski definition) is 3. The predicted octanol–water partition coefficient (Wildman–Crippen LogP) is 2.06. The average molecular weight is 177 g/mol. The molecule has 0 radical (unpaired) electrons. The van der Waals surface area contributed by atoms with E-state index in [4.69, 9.17) is 4.42 Å². The SMILES string of the molecule is CC(C)(O)c1cccc2ocnc12. The van der Waals surface area contributed by atoms with Crippen molar-refractivity contribution in [1.82, 2.24) is 4.98 Å². The van der Waals surface area contributed by atoms with Crippen LogP contribution in [0.2, 0.25) is 0 Å². The van der Waals surface area contributed by atoms with Crippen LogP contribution in [0.25, 0.3) is 11.1 Å². The Morgan fingerprint density at radius 3 is 2.85 bits per heavy atom. The molecule has 0 atom stereocenters. The molecule has 13 heavy (non-hydrogen) atoms. The minimum absolute atomic E-state index is 0.708. The quantitative estimate of drug-likeness (QED) is 0.725. The van der Waals surface area contributed by atoms with E-state index in [0.29, 0.717) is 5.58 Å². The van der Waals surface area contributed by atoms with Gasteiger partial charge in [-0.25, -0.2) is 4.98 Å². The lowest BCUT2D eigenvalue weighted by molar-refractivity contribution is 0.0800. The van der Waals surface area contributed by atoms with Crippen LogP contribution < -0.4 is 0 Å². The second kappa shape index (κ2) is 2.57. The highest BCUT2D eigenvalue weighted by atomic mass is 16.3. The molecule has 2 aromatic rings. The molecular formula is C10H11NO2. The van der Waals surface area contributed by atoms with E-state index in [-0.39, 0.29) is 0 Å². The van der Waals surface area contributed by atoms with Crippen LogP contribution in [0.4, 0.5) is 0 Å². The van der Waals surface area contributed by atoms with Crippen molar-refractivity contribution >= 4 is 11.1 Å². The first-order chi connectivity index (χ1) is 6.09. The number of nitrogens with zero attached hydrogens (tertiary/aromatic N) is 1. The maximum Gasteiger partial charge on any atom is 0.181 e. The highest BCUT2D eigenvalue weighted by molar-refractivity contribution is 5.76. The lowest BCUT2D eigenvalue weighted by Crippen LogP contribution is -2.15. The van der Waals surface area contributed by atoms with Gasteiger partial charge in [0.15, 0.2) is 12.0 Å². The fourth-order valence-corrected chi connectivity index (χ4v) is 1.38. The summed E-state index contributed by atoms with van der Waals surface area (Å²) >= 11 is 0. The van der Waals surface area contributed by atoms with Crippen LogP contribution in [-0.4, -0.2) is 10.1 Å². The number of para-hydroxylation sites is 1. The van der Waals surface area contributed by atoms with Crippen LogP contribution in [0.3, 0.4) is 0 Å². The minimum Gasteiger partial charge on any atom is -0.443 e. The first-order valence-corrected chi connectivity index (χ1v) is 4.14. The van der Waals surface area contributed by atoms with E-state index in [1.54, 1.807) is 13.8 Å². The van der Waals surface area contributed by atoms with Gasteiger partial charge in [0.2, 0.25) is 0 Å². The van der Waals surface area contributed by atoms with Crippen LogP contribution >= 0.6 is 0 Å². The number of benzene rings is 1. The monoisotopic (exact) mass is 177 g/mol. The van der Waals surface area contributed by atoms with Crippen LogP contribution in [0.5, 0.6) is 0 Å². The van der Waals surface area contributed by atoms with Crippen molar-refractivity contribution < 1.29 is 9.52 Å². The zero-order valence-electron chi connectivity index (χ0n) is 7.61. The minimum atomic E-state index is -0.879. The van der Waals surface area contributed by atoms with Gasteiger partial charge in [-0.1, -0.05) is 12.1 Å². The van der Waals surface area contributed by atoms with Gasteiger partial charge in [-0.05, 0) is 19.9 Å². The lowest BCUT2D eigenvalue weighted by atomic mass is 9.97. The van der Waals surface area contributed by atoms with E-state index in [0.717, 1.165) is 11.1 Å². The van der Waals surface area contributed by atoms with Crippen molar-refractivity contribution in [1.29, 1.82) is 0 Å². The van der Waals surface area contributed by atoms with Gasteiger partial charge >= 0.3 is 0 Å². The summed E-state index contributed by atoms with van der Waals surface area (Å²) in [5.74, 6) is 0. The predicted molar refractivity (Wildman–Crippen MR) is 49.3 cm³/mol. The average Bonchev–Trinajstić information content (AvgIpc) is 2.48. The zero-order valence-corrected chi connectivity index (χ0v) is 7.61. The highest BCUT2D eigenvalue weighted by Crippen LogP contribution is 2.26. The number of fused-ring (bicyclic) bond motifs is 1. The molecule has 0 fully saturated rings. The summed E-state index contributed by atoms with van der Waals surface area (Å²) in [4.78, 5) is 4.06. The second-order valence-corrected chi connectivity index (χ2v) is 3.56. The normalized spacial score (nSPS) is 12.2. The molecule has 0 saturated heterocycles. The third kappa shape index (κ3) is 1.31. The number of oxazole rings is 1. The standard InChI is InChI=1S/C10H11NO2/c1-10(2,12)7-4-3-5-8-9(7)11-6-13-8/h3-6,12H,1-2H3. The Morgan fingerprint density at radius 2 is 2.15 bits per heavy atom. The summed E-state index contributed by atoms with van der Waals surface area (Å²) in [6, 6.07) is 5.53. The van der Waals surface area contributed by atoms with Gasteiger partial charge in [0.05, 0.1) is 5.60 Å². The van der Waals surface area contributed by atoms with Crippen molar-refractivity contribution in [3.8, 4) is 0 Å². The van der Waals surface area contributed by atoms with Gasteiger partial charge in [0.25, 0.3) is 0 Å². The van der Waals surface area contributed by atoms with Gasteiger partial charge in [0.1, 0.15) is 5.52 Å². The van der Waals surface area contributed by atoms with Gasteiger partial charge < -0.3 is 9.52 Å². The molecule has 0 unspecified atom stereocenters. The van der Waals surface area contributed by atoms with Gasteiger partial charge in [0, 0.05) is 5.56 Å². The summed E-state index contributed by atoms with van der Waals surface area (Å²) < 4.78 is 5.13. The van der Waals surface area contributed by atoms with Crippen LogP contribution in [0.15, 0.2) is 29.0 Å². The molecule has 0 aliphatic carbocycles. The molecule has 3 heteroatoms. The molecule has 1 aromatic heterocycles. The van der Waals surface area contributed by atoms with E-state index in [1.807, 2.05) is 18.2 Å². The van der Waals surface area contributed by atoms with Crippen molar-refractivity contribution in [3.63, 3.8) is 0 Å². The molecule has 1 aromatic carbocycles. The molecule has 1 N–H and O–H groups in total. The molecule has 1 heterocycles. The molecule has 0 aliphatic heterocycles. The summed E-state index contributed by atoms with van der Waals surface area (Å²) in [6.45, 7) is 3.47. The third-order valence-corrected chi connectivity index (χ3v) is 2.02. The number of rotatable bonds is 1. The van der Waals surface area contributed by atoms with E-state index >= 15 is 0 Å². The number of aliphatic hydroxyl groups is 1. The molecule has 68 valence electrons. The smallest absolute Gasteiger partial charge is 0.181 e. The Bertz CT molecular complexity index is 426. The molecule has 0 bridgehead atoms. The highest BCUT2D eigenvalue weighted by Gasteiger charge is 2.20. The molecule has 2 rings (SSSR count). The fourth-order valence-electron chi connectivity index (χ4n) is 1.38. The lowest BCUT2D eigenvalue weighted by Gasteiger charge is -2.17. The fraction of sp³-hybridized carbons (Fsp3) is 0.300. The largest absolute Gasteiger partial charge is 0.443 e. The van der Waals surface area contributed by atoms with Gasteiger partial charge in [-0.2, -0.15) is 0 Å². The Balaban J connectivity index is 2.75. The summed E-state index contributed by atoms with van der Waals surface area (Å²) in [5, 5.41) is 9.82. The molecule has 3 nitrogen and oxygen atoms in total. The van der Waals surface area contributed by atoms with E-state index in [2.05, 4.69) is 4.98 Å².